The van der Waals surface area contributed by atoms with Crippen LogP contribution in [0.2, 0.25) is 0 Å². The Kier molecular flexibility index (Phi) is 6.67. The van der Waals surface area contributed by atoms with Gasteiger partial charge in [-0.3, -0.25) is 4.79 Å². The number of carbonyl (C=O) groups excluding carboxylic acids is 2. The molecule has 1 atom stereocenters. The van der Waals surface area contributed by atoms with Gasteiger partial charge in [-0.15, -0.1) is 0 Å². The molecule has 1 rings (SSSR count). The second kappa shape index (κ2) is 8.25. The summed E-state index contributed by atoms with van der Waals surface area (Å²) in [6, 6.07) is 0. The predicted molar refractivity (Wildman–Crippen MR) is 75.0 cm³/mol. The van der Waals surface area contributed by atoms with Gasteiger partial charge in [0.15, 0.2) is 5.82 Å². The van der Waals surface area contributed by atoms with Crippen molar-refractivity contribution in [1.29, 1.82) is 0 Å². The second-order valence-corrected chi connectivity index (χ2v) is 4.33. The Balaban J connectivity index is 2.80. The van der Waals surface area contributed by atoms with Crippen LogP contribution in [0.15, 0.2) is 6.20 Å². The van der Waals surface area contributed by atoms with E-state index in [1.54, 1.807) is 7.11 Å². The zero-order valence-electron chi connectivity index (χ0n) is 12.7. The van der Waals surface area contributed by atoms with E-state index in [0.717, 1.165) is 4.73 Å². The lowest BCUT2D eigenvalue weighted by Gasteiger charge is -2.12. The molecule has 8 heteroatoms. The molecule has 1 heterocycles. The van der Waals surface area contributed by atoms with Crippen LogP contribution in [0.25, 0.3) is 0 Å². The fraction of sp³-hybridized carbons (Fsp3) is 0.615. The molecule has 0 spiro atoms. The van der Waals surface area contributed by atoms with Crippen molar-refractivity contribution in [3.63, 3.8) is 0 Å². The van der Waals surface area contributed by atoms with Gasteiger partial charge < -0.3 is 19.6 Å². The van der Waals surface area contributed by atoms with Crippen LogP contribution in [-0.2, 0) is 14.3 Å². The summed E-state index contributed by atoms with van der Waals surface area (Å²) in [5.74, 6) is -0.812. The van der Waals surface area contributed by atoms with Crippen molar-refractivity contribution >= 4 is 17.7 Å². The van der Waals surface area contributed by atoms with E-state index in [1.807, 2.05) is 6.92 Å². The zero-order valence-corrected chi connectivity index (χ0v) is 12.7. The van der Waals surface area contributed by atoms with Crippen molar-refractivity contribution in [3.05, 3.63) is 12.0 Å². The van der Waals surface area contributed by atoms with Crippen molar-refractivity contribution in [3.8, 4) is 0 Å². The smallest absolute Gasteiger partial charge is 0.377 e. The molecular weight excluding hydrogens is 278 g/mol. The summed E-state index contributed by atoms with van der Waals surface area (Å²) in [4.78, 5) is 32.6. The minimum Gasteiger partial charge on any atom is -0.463 e. The summed E-state index contributed by atoms with van der Waals surface area (Å²) in [6.07, 6.45) is 2.71. The van der Waals surface area contributed by atoms with E-state index in [0.29, 0.717) is 19.4 Å². The molecule has 0 fully saturated rings. The van der Waals surface area contributed by atoms with E-state index in [2.05, 4.69) is 15.0 Å². The maximum Gasteiger partial charge on any atom is 0.377 e. The normalized spacial score (nSPS) is 11.8. The number of nitrogens with zero attached hydrogens (tertiary/aromatic N) is 2. The van der Waals surface area contributed by atoms with E-state index in [1.165, 1.54) is 20.4 Å². The number of nitrogens with one attached hydrogen (secondary N) is 1. The number of ether oxygens (including phenoxy) is 2. The maximum atomic E-state index is 12.1. The van der Waals surface area contributed by atoms with Crippen LogP contribution in [0.3, 0.4) is 0 Å². The van der Waals surface area contributed by atoms with Crippen molar-refractivity contribution in [2.75, 3.05) is 33.3 Å². The minimum atomic E-state index is -0.649. The number of rotatable bonds is 8. The van der Waals surface area contributed by atoms with E-state index in [-0.39, 0.29) is 23.5 Å². The molecule has 1 amide bonds. The summed E-state index contributed by atoms with van der Waals surface area (Å²) in [5, 5.41) is 2.66. The number of hydrogen-bond donors (Lipinski definition) is 1. The van der Waals surface area contributed by atoms with E-state index >= 15 is 0 Å². The number of esters is 1. The summed E-state index contributed by atoms with van der Waals surface area (Å²) in [5.41, 5.74) is 0. The molecule has 1 N–H and O–H groups in total. The van der Waals surface area contributed by atoms with E-state index in [9.17, 15) is 9.59 Å². The highest BCUT2D eigenvalue weighted by Gasteiger charge is 2.21. The van der Waals surface area contributed by atoms with Gasteiger partial charge in [-0.25, -0.2) is 9.78 Å². The minimum absolute atomic E-state index is 0.0414. The average Bonchev–Trinajstić information content (AvgIpc) is 2.90. The topological polar surface area (TPSA) is 91.7 Å². The van der Waals surface area contributed by atoms with Gasteiger partial charge in [-0.1, -0.05) is 6.92 Å². The van der Waals surface area contributed by atoms with Crippen LogP contribution in [-0.4, -0.2) is 49.5 Å². The number of hydrogen-bond acceptors (Lipinski definition) is 6. The summed E-state index contributed by atoms with van der Waals surface area (Å²) in [7, 11) is 4.22. The standard InChI is InChI=1S/C13H21N3O5/c1-5-9(6-7-19-2)12(17)15-10-8-16(21-4)11(14-10)13(18)20-3/h8-9H,5-7H2,1-4H3,(H,15,17). The van der Waals surface area contributed by atoms with Crippen molar-refractivity contribution in [2.24, 2.45) is 5.92 Å². The molecule has 0 aromatic carbocycles. The Morgan fingerprint density at radius 3 is 2.62 bits per heavy atom. The Bertz CT molecular complexity index is 486. The van der Waals surface area contributed by atoms with E-state index in [4.69, 9.17) is 9.57 Å². The second-order valence-electron chi connectivity index (χ2n) is 4.33. The third kappa shape index (κ3) is 4.45. The molecule has 1 aromatic rings. The molecule has 0 bridgehead atoms. The van der Waals surface area contributed by atoms with Gasteiger partial charge in [0, 0.05) is 19.6 Å². The lowest BCUT2D eigenvalue weighted by molar-refractivity contribution is -0.120. The van der Waals surface area contributed by atoms with Crippen molar-refractivity contribution < 1.29 is 23.9 Å². The summed E-state index contributed by atoms with van der Waals surface area (Å²) in [6.45, 7) is 2.43. The van der Waals surface area contributed by atoms with Gasteiger partial charge in [-0.05, 0) is 12.8 Å². The number of amides is 1. The summed E-state index contributed by atoms with van der Waals surface area (Å²) >= 11 is 0. The number of methoxy groups -OCH3 is 2. The van der Waals surface area contributed by atoms with Crippen LogP contribution in [0, 0.1) is 5.92 Å². The highest BCUT2D eigenvalue weighted by molar-refractivity contribution is 5.92. The third-order valence-electron chi connectivity index (χ3n) is 3.02. The van der Waals surface area contributed by atoms with Gasteiger partial charge in [0.2, 0.25) is 5.91 Å². The quantitative estimate of drug-likeness (QED) is 0.711. The largest absolute Gasteiger partial charge is 0.463 e. The lowest BCUT2D eigenvalue weighted by Crippen LogP contribution is -2.23. The van der Waals surface area contributed by atoms with Crippen LogP contribution in [0.5, 0.6) is 0 Å². The van der Waals surface area contributed by atoms with Gasteiger partial charge in [0.1, 0.15) is 7.11 Å². The van der Waals surface area contributed by atoms with Gasteiger partial charge in [0.05, 0.1) is 13.3 Å². The molecule has 0 aliphatic rings. The first kappa shape index (κ1) is 17.0. The predicted octanol–water partition coefficient (Wildman–Crippen LogP) is 0.729. The lowest BCUT2D eigenvalue weighted by atomic mass is 10.0. The molecule has 8 nitrogen and oxygen atoms in total. The molecule has 0 aliphatic carbocycles. The van der Waals surface area contributed by atoms with Gasteiger partial charge >= 0.3 is 5.97 Å². The molecule has 1 unspecified atom stereocenters. The Hall–Kier alpha value is -2.09. The fourth-order valence-electron chi connectivity index (χ4n) is 1.80. The van der Waals surface area contributed by atoms with Crippen LogP contribution in [0.1, 0.15) is 30.4 Å². The van der Waals surface area contributed by atoms with Crippen LogP contribution < -0.4 is 10.2 Å². The number of carbonyl (C=O) groups is 2. The average molecular weight is 299 g/mol. The van der Waals surface area contributed by atoms with Gasteiger partial charge in [0.25, 0.3) is 5.82 Å². The Morgan fingerprint density at radius 1 is 1.38 bits per heavy atom. The molecule has 0 aliphatic heterocycles. The Labute approximate surface area is 123 Å². The first-order valence-electron chi connectivity index (χ1n) is 6.59. The van der Waals surface area contributed by atoms with Crippen molar-refractivity contribution in [1.82, 2.24) is 9.71 Å². The zero-order chi connectivity index (χ0) is 15.8. The van der Waals surface area contributed by atoms with Crippen LogP contribution in [0.4, 0.5) is 5.82 Å². The molecular formula is C13H21N3O5. The Morgan fingerprint density at radius 2 is 2.10 bits per heavy atom. The monoisotopic (exact) mass is 299 g/mol. The fourth-order valence-corrected chi connectivity index (χ4v) is 1.80. The van der Waals surface area contributed by atoms with Crippen LogP contribution >= 0.6 is 0 Å². The SMILES string of the molecule is CCC(CCOC)C(=O)Nc1cn(OC)c(C(=O)OC)n1. The number of imidazole rings is 1. The number of aromatic nitrogens is 2. The van der Waals surface area contributed by atoms with E-state index < -0.39 is 5.97 Å². The highest BCUT2D eigenvalue weighted by Crippen LogP contribution is 2.14. The third-order valence-corrected chi connectivity index (χ3v) is 3.02. The molecule has 0 saturated carbocycles. The highest BCUT2D eigenvalue weighted by atomic mass is 16.6. The first-order chi connectivity index (χ1) is 10.1. The molecule has 21 heavy (non-hydrogen) atoms. The number of anilines is 1. The summed E-state index contributed by atoms with van der Waals surface area (Å²) < 4.78 is 10.7. The molecule has 118 valence electrons. The maximum absolute atomic E-state index is 12.1. The van der Waals surface area contributed by atoms with Gasteiger partial charge in [-0.2, -0.15) is 4.73 Å². The first-order valence-corrected chi connectivity index (χ1v) is 6.59. The molecule has 0 radical (unpaired) electrons. The molecule has 0 saturated heterocycles. The molecule has 1 aromatic heterocycles. The van der Waals surface area contributed by atoms with Crippen molar-refractivity contribution in [2.45, 2.75) is 19.8 Å².